The summed E-state index contributed by atoms with van der Waals surface area (Å²) in [6.45, 7) is 12.4. The van der Waals surface area contributed by atoms with Crippen molar-refractivity contribution in [2.45, 2.75) is 33.7 Å². The number of benzene rings is 2. The van der Waals surface area contributed by atoms with Crippen molar-refractivity contribution in [2.75, 3.05) is 5.32 Å². The van der Waals surface area contributed by atoms with Gasteiger partial charge in [-0.2, -0.15) is 0 Å². The second kappa shape index (κ2) is 10.3. The molecule has 0 fully saturated rings. The second-order valence-electron chi connectivity index (χ2n) is 8.68. The number of hydrogen-bond acceptors (Lipinski definition) is 3. The van der Waals surface area contributed by atoms with E-state index in [4.69, 9.17) is 0 Å². The molecule has 170 valence electrons. The summed E-state index contributed by atoms with van der Waals surface area (Å²) in [5.41, 5.74) is 9.07. The van der Waals surface area contributed by atoms with Gasteiger partial charge in [-0.15, -0.1) is 0 Å². The average Bonchev–Trinajstić information content (AvgIpc) is 2.84. The van der Waals surface area contributed by atoms with E-state index in [1.807, 2.05) is 32.3 Å². The fourth-order valence-electron chi connectivity index (χ4n) is 4.16. The monoisotopic (exact) mass is 445 g/mol. The summed E-state index contributed by atoms with van der Waals surface area (Å²) in [7, 11) is 0. The summed E-state index contributed by atoms with van der Waals surface area (Å²) in [6, 6.07) is 21.4. The smallest absolute Gasteiger partial charge is 0.129 e. The molecule has 3 nitrogen and oxygen atoms in total. The van der Waals surface area contributed by atoms with E-state index in [0.29, 0.717) is 0 Å². The summed E-state index contributed by atoms with van der Waals surface area (Å²) in [4.78, 5) is 9.08. The number of hydrogen-bond donors (Lipinski definition) is 1. The molecule has 0 aliphatic heterocycles. The molecular formula is C31H31N3. The highest BCUT2D eigenvalue weighted by Crippen LogP contribution is 2.31. The lowest BCUT2D eigenvalue weighted by Gasteiger charge is -2.19. The van der Waals surface area contributed by atoms with Crippen LogP contribution in [0.15, 0.2) is 103 Å². The lowest BCUT2D eigenvalue weighted by atomic mass is 9.98. The fraction of sp³-hybridized carbons (Fsp3) is 0.161. The maximum atomic E-state index is 4.64. The minimum atomic E-state index is 0.117. The van der Waals surface area contributed by atoms with Crippen molar-refractivity contribution in [2.24, 2.45) is 0 Å². The Labute approximate surface area is 202 Å². The summed E-state index contributed by atoms with van der Waals surface area (Å²) in [5.74, 6) is 0.900. The van der Waals surface area contributed by atoms with E-state index >= 15 is 0 Å². The van der Waals surface area contributed by atoms with Crippen LogP contribution in [-0.2, 0) is 0 Å². The third kappa shape index (κ3) is 5.15. The molecule has 34 heavy (non-hydrogen) atoms. The molecule has 2 aromatic heterocycles. The van der Waals surface area contributed by atoms with E-state index in [0.717, 1.165) is 33.4 Å². The molecular weight excluding hydrogens is 414 g/mol. The van der Waals surface area contributed by atoms with Gasteiger partial charge in [0, 0.05) is 23.8 Å². The van der Waals surface area contributed by atoms with E-state index in [2.05, 4.69) is 109 Å². The van der Waals surface area contributed by atoms with Gasteiger partial charge >= 0.3 is 0 Å². The maximum absolute atomic E-state index is 4.64. The average molecular weight is 446 g/mol. The molecule has 0 amide bonds. The Morgan fingerprint density at radius 3 is 2.53 bits per heavy atom. The normalized spacial score (nSPS) is 12.8. The molecule has 0 aliphatic carbocycles. The van der Waals surface area contributed by atoms with Crippen LogP contribution in [0.5, 0.6) is 0 Å². The van der Waals surface area contributed by atoms with Crippen LogP contribution in [0.4, 0.5) is 5.82 Å². The molecule has 2 aromatic carbocycles. The predicted molar refractivity (Wildman–Crippen MR) is 146 cm³/mol. The molecule has 2 heterocycles. The fourth-order valence-corrected chi connectivity index (χ4v) is 4.16. The number of rotatable bonds is 7. The molecule has 4 aromatic rings. The zero-order valence-corrected chi connectivity index (χ0v) is 20.3. The van der Waals surface area contributed by atoms with Gasteiger partial charge in [0.05, 0.1) is 5.52 Å². The van der Waals surface area contributed by atoms with Crippen LogP contribution in [0.3, 0.4) is 0 Å². The second-order valence-corrected chi connectivity index (χ2v) is 8.68. The largest absolute Gasteiger partial charge is 0.363 e. The number of nitrogens with zero attached hydrogens (tertiary/aromatic N) is 2. The Morgan fingerprint density at radius 1 is 1.00 bits per heavy atom. The molecule has 4 rings (SSSR count). The summed E-state index contributed by atoms with van der Waals surface area (Å²) >= 11 is 0. The van der Waals surface area contributed by atoms with E-state index < -0.39 is 0 Å². The van der Waals surface area contributed by atoms with Crippen LogP contribution >= 0.6 is 0 Å². The number of anilines is 1. The van der Waals surface area contributed by atoms with E-state index in [9.17, 15) is 0 Å². The molecule has 0 saturated heterocycles. The van der Waals surface area contributed by atoms with Gasteiger partial charge in [0.15, 0.2) is 0 Å². The third-order valence-corrected chi connectivity index (χ3v) is 5.96. The molecule has 0 spiro atoms. The van der Waals surface area contributed by atoms with Crippen molar-refractivity contribution in [3.8, 4) is 11.1 Å². The van der Waals surface area contributed by atoms with Gasteiger partial charge in [-0.05, 0) is 85.4 Å². The molecule has 1 atom stereocenters. The highest BCUT2D eigenvalue weighted by atomic mass is 15.0. The maximum Gasteiger partial charge on any atom is 0.129 e. The van der Waals surface area contributed by atoms with E-state index in [1.165, 1.54) is 22.3 Å². The van der Waals surface area contributed by atoms with Crippen molar-refractivity contribution < 1.29 is 0 Å². The van der Waals surface area contributed by atoms with Crippen LogP contribution in [0.1, 0.15) is 43.5 Å². The zero-order valence-electron chi connectivity index (χ0n) is 20.3. The first-order valence-corrected chi connectivity index (χ1v) is 11.6. The number of pyridine rings is 2. The van der Waals surface area contributed by atoms with E-state index in [-0.39, 0.29) is 6.04 Å². The number of aromatic nitrogens is 2. The standard InChI is InChI=1S/C31H31N3/c1-6-8-26(19-21(2)3)25-12-10-24(11-13-25)23(5)34-31-22(4)29(16-18-33-31)27-14-15-30-28(20-27)9-7-17-32-30/h6-20,23H,2H2,1,3-5H3,(H,33,34)/b8-6-,26-19+. The summed E-state index contributed by atoms with van der Waals surface area (Å²) < 4.78 is 0. The van der Waals surface area contributed by atoms with Crippen molar-refractivity contribution in [3.05, 3.63) is 120 Å². The first kappa shape index (κ1) is 23.2. The van der Waals surface area contributed by atoms with Gasteiger partial charge in [-0.25, -0.2) is 4.98 Å². The van der Waals surface area contributed by atoms with Crippen molar-refractivity contribution >= 4 is 22.3 Å². The Bertz CT molecular complexity index is 1380. The van der Waals surface area contributed by atoms with Gasteiger partial charge in [0.2, 0.25) is 0 Å². The molecule has 0 bridgehead atoms. The van der Waals surface area contributed by atoms with Gasteiger partial charge in [0.1, 0.15) is 5.82 Å². The van der Waals surface area contributed by atoms with E-state index in [1.54, 1.807) is 0 Å². The minimum absolute atomic E-state index is 0.117. The number of fused-ring (bicyclic) bond motifs is 1. The van der Waals surface area contributed by atoms with Gasteiger partial charge < -0.3 is 5.32 Å². The van der Waals surface area contributed by atoms with Gasteiger partial charge in [0.25, 0.3) is 0 Å². The predicted octanol–water partition coefficient (Wildman–Crippen LogP) is 8.31. The number of nitrogens with one attached hydrogen (secondary N) is 1. The van der Waals surface area contributed by atoms with Crippen LogP contribution in [-0.4, -0.2) is 9.97 Å². The first-order chi connectivity index (χ1) is 16.5. The molecule has 0 aliphatic rings. The van der Waals surface area contributed by atoms with Crippen molar-refractivity contribution in [1.29, 1.82) is 0 Å². The quantitative estimate of drug-likeness (QED) is 0.291. The zero-order chi connectivity index (χ0) is 24.1. The highest BCUT2D eigenvalue weighted by Gasteiger charge is 2.12. The minimum Gasteiger partial charge on any atom is -0.363 e. The highest BCUT2D eigenvalue weighted by molar-refractivity contribution is 5.85. The lowest BCUT2D eigenvalue weighted by molar-refractivity contribution is 0.871. The van der Waals surface area contributed by atoms with Crippen LogP contribution in [0.25, 0.3) is 27.6 Å². The molecule has 1 N–H and O–H groups in total. The van der Waals surface area contributed by atoms with Crippen LogP contribution in [0, 0.1) is 6.92 Å². The third-order valence-electron chi connectivity index (χ3n) is 5.96. The molecule has 1 unspecified atom stereocenters. The Kier molecular flexibility index (Phi) is 7.03. The Hall–Kier alpha value is -3.98. The molecule has 0 saturated carbocycles. The first-order valence-electron chi connectivity index (χ1n) is 11.6. The van der Waals surface area contributed by atoms with Crippen LogP contribution < -0.4 is 5.32 Å². The van der Waals surface area contributed by atoms with Gasteiger partial charge in [-0.1, -0.05) is 66.8 Å². The molecule has 0 radical (unpaired) electrons. The van der Waals surface area contributed by atoms with Crippen LogP contribution in [0.2, 0.25) is 0 Å². The number of allylic oxidation sites excluding steroid dienone is 5. The molecule has 3 heteroatoms. The van der Waals surface area contributed by atoms with Gasteiger partial charge in [-0.3, -0.25) is 4.98 Å². The Balaban J connectivity index is 1.57. The topological polar surface area (TPSA) is 37.8 Å². The van der Waals surface area contributed by atoms with Crippen molar-refractivity contribution in [3.63, 3.8) is 0 Å². The summed E-state index contributed by atoms with van der Waals surface area (Å²) in [5, 5.41) is 4.75. The Morgan fingerprint density at radius 2 is 1.79 bits per heavy atom. The van der Waals surface area contributed by atoms with Crippen molar-refractivity contribution in [1.82, 2.24) is 9.97 Å². The summed E-state index contributed by atoms with van der Waals surface area (Å²) in [6.07, 6.45) is 9.99. The SMILES string of the molecule is C=C(C)/C=C(\C=C/C)c1ccc(C(C)Nc2nccc(-c3ccc4ncccc4c3)c2C)cc1. The lowest BCUT2D eigenvalue weighted by Crippen LogP contribution is -2.09.